The molecule has 2 heterocycles. The van der Waals surface area contributed by atoms with Crippen LogP contribution in [-0.2, 0) is 6.54 Å². The van der Waals surface area contributed by atoms with Crippen LogP contribution in [0.3, 0.4) is 0 Å². The second-order valence-corrected chi connectivity index (χ2v) is 6.35. The smallest absolute Gasteiger partial charge is 0.156 e. The van der Waals surface area contributed by atoms with Gasteiger partial charge in [-0.15, -0.1) is 0 Å². The number of hydrogen-bond donors (Lipinski definition) is 1. The van der Waals surface area contributed by atoms with Gasteiger partial charge in [-0.1, -0.05) is 25.6 Å². The standard InChI is InChI=1S/C13H20N2S2/c1-3-13(4-2)9-15-12(17-10-13)14-7-11-5-6-16-8-11/h5-6,8H,3-4,7,9-10H2,1-2H3,(H,14,15). The minimum absolute atomic E-state index is 0.443. The highest BCUT2D eigenvalue weighted by atomic mass is 32.2. The first kappa shape index (κ1) is 13.0. The molecule has 0 aromatic carbocycles. The molecule has 1 N–H and O–H groups in total. The van der Waals surface area contributed by atoms with Gasteiger partial charge in [-0.2, -0.15) is 11.3 Å². The molecule has 0 atom stereocenters. The highest BCUT2D eigenvalue weighted by molar-refractivity contribution is 8.13. The normalized spacial score (nSPS) is 18.8. The van der Waals surface area contributed by atoms with Gasteiger partial charge in [-0.3, -0.25) is 4.99 Å². The first-order valence-corrected chi connectivity index (χ1v) is 8.13. The number of amidine groups is 1. The summed E-state index contributed by atoms with van der Waals surface area (Å²) in [6.45, 7) is 6.45. The van der Waals surface area contributed by atoms with E-state index < -0.39 is 0 Å². The van der Waals surface area contributed by atoms with Crippen molar-refractivity contribution in [1.29, 1.82) is 0 Å². The third kappa shape index (κ3) is 3.26. The molecule has 1 aromatic rings. The molecule has 94 valence electrons. The van der Waals surface area contributed by atoms with Gasteiger partial charge < -0.3 is 5.32 Å². The van der Waals surface area contributed by atoms with Gasteiger partial charge >= 0.3 is 0 Å². The quantitative estimate of drug-likeness (QED) is 0.899. The summed E-state index contributed by atoms with van der Waals surface area (Å²) < 4.78 is 0. The lowest BCUT2D eigenvalue weighted by Gasteiger charge is -2.33. The van der Waals surface area contributed by atoms with E-state index in [0.717, 1.165) is 18.3 Å². The Bertz CT molecular complexity index is 367. The van der Waals surface area contributed by atoms with Crippen LogP contribution in [-0.4, -0.2) is 17.5 Å². The Morgan fingerprint density at radius 3 is 2.76 bits per heavy atom. The van der Waals surface area contributed by atoms with Crippen LogP contribution in [0.1, 0.15) is 32.3 Å². The van der Waals surface area contributed by atoms with Gasteiger partial charge in [0.1, 0.15) is 0 Å². The largest absolute Gasteiger partial charge is 0.361 e. The van der Waals surface area contributed by atoms with Crippen LogP contribution in [0.4, 0.5) is 0 Å². The van der Waals surface area contributed by atoms with Crippen molar-refractivity contribution in [2.45, 2.75) is 33.2 Å². The fraction of sp³-hybridized carbons (Fsp3) is 0.615. The molecule has 0 radical (unpaired) electrons. The van der Waals surface area contributed by atoms with E-state index >= 15 is 0 Å². The lowest BCUT2D eigenvalue weighted by Crippen LogP contribution is -2.34. The van der Waals surface area contributed by atoms with Gasteiger partial charge in [0, 0.05) is 18.8 Å². The summed E-state index contributed by atoms with van der Waals surface area (Å²) in [5, 5.41) is 8.85. The summed E-state index contributed by atoms with van der Waals surface area (Å²) in [6.07, 6.45) is 2.47. The zero-order valence-electron chi connectivity index (χ0n) is 10.5. The maximum Gasteiger partial charge on any atom is 0.156 e. The molecule has 2 nitrogen and oxygen atoms in total. The van der Waals surface area contributed by atoms with Crippen LogP contribution in [0.5, 0.6) is 0 Å². The zero-order valence-corrected chi connectivity index (χ0v) is 12.2. The van der Waals surface area contributed by atoms with E-state index in [2.05, 4.69) is 36.0 Å². The summed E-state index contributed by atoms with van der Waals surface area (Å²) in [6, 6.07) is 2.16. The summed E-state index contributed by atoms with van der Waals surface area (Å²) in [7, 11) is 0. The second kappa shape index (κ2) is 5.91. The van der Waals surface area contributed by atoms with Crippen molar-refractivity contribution in [2.24, 2.45) is 10.4 Å². The zero-order chi connectivity index (χ0) is 12.1. The number of hydrogen-bond acceptors (Lipinski definition) is 4. The number of thioether (sulfide) groups is 1. The average Bonchev–Trinajstić information content (AvgIpc) is 2.90. The average molecular weight is 268 g/mol. The van der Waals surface area contributed by atoms with Gasteiger partial charge in [0.2, 0.25) is 0 Å². The fourth-order valence-corrected chi connectivity index (χ4v) is 3.85. The van der Waals surface area contributed by atoms with E-state index in [1.54, 1.807) is 11.3 Å². The van der Waals surface area contributed by atoms with E-state index in [0.29, 0.717) is 5.41 Å². The maximum absolute atomic E-state index is 4.70. The minimum atomic E-state index is 0.443. The molecule has 0 spiro atoms. The van der Waals surface area contributed by atoms with Crippen LogP contribution in [0, 0.1) is 5.41 Å². The van der Waals surface area contributed by atoms with Crippen LogP contribution in [0.15, 0.2) is 21.8 Å². The van der Waals surface area contributed by atoms with Gasteiger partial charge in [0.05, 0.1) is 0 Å². The van der Waals surface area contributed by atoms with Crippen molar-refractivity contribution in [3.63, 3.8) is 0 Å². The molecule has 0 fully saturated rings. The van der Waals surface area contributed by atoms with E-state index in [1.807, 2.05) is 11.8 Å². The summed E-state index contributed by atoms with van der Waals surface area (Å²) in [5.41, 5.74) is 1.79. The Hall–Kier alpha value is -0.480. The predicted octanol–water partition coefficient (Wildman–Crippen LogP) is 3.75. The first-order chi connectivity index (χ1) is 8.28. The lowest BCUT2D eigenvalue weighted by molar-refractivity contribution is 0.318. The Kier molecular flexibility index (Phi) is 4.51. The number of thiophene rings is 1. The van der Waals surface area contributed by atoms with Crippen molar-refractivity contribution in [1.82, 2.24) is 5.32 Å². The topological polar surface area (TPSA) is 24.4 Å². The number of nitrogens with one attached hydrogen (secondary N) is 1. The van der Waals surface area contributed by atoms with Crippen molar-refractivity contribution in [2.75, 3.05) is 12.3 Å². The summed E-state index contributed by atoms with van der Waals surface area (Å²) in [5.74, 6) is 1.20. The second-order valence-electron chi connectivity index (χ2n) is 4.60. The molecule has 0 saturated carbocycles. The molecule has 4 heteroatoms. The molecular weight excluding hydrogens is 248 g/mol. The van der Waals surface area contributed by atoms with E-state index in [-0.39, 0.29) is 0 Å². The van der Waals surface area contributed by atoms with E-state index in [9.17, 15) is 0 Å². The van der Waals surface area contributed by atoms with Crippen molar-refractivity contribution < 1.29 is 0 Å². The SMILES string of the molecule is CCC1(CC)CN=C(NCc2ccsc2)SC1. The Balaban J connectivity index is 1.86. The van der Waals surface area contributed by atoms with E-state index in [4.69, 9.17) is 4.99 Å². The molecule has 0 aliphatic carbocycles. The van der Waals surface area contributed by atoms with Crippen LogP contribution < -0.4 is 5.32 Å². The lowest BCUT2D eigenvalue weighted by atomic mass is 9.84. The Morgan fingerprint density at radius 1 is 1.41 bits per heavy atom. The van der Waals surface area contributed by atoms with Crippen LogP contribution in [0.25, 0.3) is 0 Å². The fourth-order valence-electron chi connectivity index (χ4n) is 1.91. The van der Waals surface area contributed by atoms with Gasteiger partial charge in [0.15, 0.2) is 5.17 Å². The Labute approximate surface area is 112 Å². The molecule has 0 saturated heterocycles. The maximum atomic E-state index is 4.70. The van der Waals surface area contributed by atoms with Gasteiger partial charge in [0.25, 0.3) is 0 Å². The summed E-state index contributed by atoms with van der Waals surface area (Å²) >= 11 is 3.63. The van der Waals surface area contributed by atoms with E-state index in [1.165, 1.54) is 24.2 Å². The van der Waals surface area contributed by atoms with Gasteiger partial charge in [-0.05, 0) is 40.6 Å². The van der Waals surface area contributed by atoms with Crippen LogP contribution in [0.2, 0.25) is 0 Å². The molecular formula is C13H20N2S2. The minimum Gasteiger partial charge on any atom is -0.361 e. The number of aliphatic imine (C=N–C) groups is 1. The molecule has 1 aromatic heterocycles. The van der Waals surface area contributed by atoms with Crippen molar-refractivity contribution in [3.8, 4) is 0 Å². The number of nitrogens with zero attached hydrogens (tertiary/aromatic N) is 1. The monoisotopic (exact) mass is 268 g/mol. The van der Waals surface area contributed by atoms with Crippen LogP contribution >= 0.6 is 23.1 Å². The number of rotatable bonds is 4. The predicted molar refractivity (Wildman–Crippen MR) is 78.9 cm³/mol. The highest BCUT2D eigenvalue weighted by Gasteiger charge is 2.29. The highest BCUT2D eigenvalue weighted by Crippen LogP contribution is 2.34. The first-order valence-electron chi connectivity index (χ1n) is 6.20. The molecule has 17 heavy (non-hydrogen) atoms. The molecule has 1 aliphatic rings. The molecule has 0 unspecified atom stereocenters. The Morgan fingerprint density at radius 2 is 2.24 bits per heavy atom. The molecule has 0 bridgehead atoms. The van der Waals surface area contributed by atoms with Crippen molar-refractivity contribution in [3.05, 3.63) is 22.4 Å². The summed E-state index contributed by atoms with van der Waals surface area (Å²) in [4.78, 5) is 4.70. The third-order valence-corrected chi connectivity index (χ3v) is 5.63. The molecule has 0 amide bonds. The molecule has 1 aliphatic heterocycles. The molecule has 2 rings (SSSR count). The van der Waals surface area contributed by atoms with Gasteiger partial charge in [-0.25, -0.2) is 0 Å². The van der Waals surface area contributed by atoms with Crippen molar-refractivity contribution >= 4 is 28.3 Å². The third-order valence-electron chi connectivity index (χ3n) is 3.60.